The monoisotopic (exact) mass is 480 g/mol. The molecule has 0 amide bonds. The molecule has 3 aromatic rings. The van der Waals surface area contributed by atoms with Gasteiger partial charge in [0.1, 0.15) is 4.90 Å². The first kappa shape index (κ1) is 23.0. The van der Waals surface area contributed by atoms with E-state index in [9.17, 15) is 13.2 Å². The minimum absolute atomic E-state index is 0.0474. The molecule has 0 spiro atoms. The van der Waals surface area contributed by atoms with E-state index >= 15 is 0 Å². The Morgan fingerprint density at radius 2 is 1.71 bits per heavy atom. The van der Waals surface area contributed by atoms with Crippen LogP contribution in [-0.2, 0) is 14.9 Å². The highest BCUT2D eigenvalue weighted by atomic mass is 35.5. The van der Waals surface area contributed by atoms with E-state index in [1.165, 1.54) is 12.1 Å². The van der Waals surface area contributed by atoms with E-state index in [4.69, 9.17) is 32.1 Å². The standard InChI is InChI=1S/C21H18Cl2N2O5S/c1-4-29-21(26)19-20(30-31(27,28)14-10-8-12(2)9-11-14)24-13(3)18(25-19)15-6-5-7-16(22)17(15)23/h5-11H,4H2,1-3H3. The smallest absolute Gasteiger partial charge is 0.362 e. The first-order valence-electron chi connectivity index (χ1n) is 9.15. The van der Waals surface area contributed by atoms with Crippen LogP contribution < -0.4 is 4.18 Å². The van der Waals surface area contributed by atoms with Gasteiger partial charge in [-0.15, -0.1) is 0 Å². The van der Waals surface area contributed by atoms with E-state index in [0.717, 1.165) is 5.56 Å². The van der Waals surface area contributed by atoms with Crippen molar-refractivity contribution in [1.29, 1.82) is 0 Å². The predicted molar refractivity (Wildman–Crippen MR) is 117 cm³/mol. The molecule has 0 aliphatic carbocycles. The summed E-state index contributed by atoms with van der Waals surface area (Å²) in [4.78, 5) is 20.9. The van der Waals surface area contributed by atoms with E-state index in [1.807, 2.05) is 6.92 Å². The molecule has 0 atom stereocenters. The maximum atomic E-state index is 12.7. The van der Waals surface area contributed by atoms with Crippen molar-refractivity contribution < 1.29 is 22.1 Å². The molecule has 31 heavy (non-hydrogen) atoms. The first-order valence-corrected chi connectivity index (χ1v) is 11.3. The van der Waals surface area contributed by atoms with Crippen LogP contribution in [0.15, 0.2) is 47.4 Å². The third-order valence-electron chi connectivity index (χ3n) is 4.21. The quantitative estimate of drug-likeness (QED) is 0.361. The van der Waals surface area contributed by atoms with E-state index in [0.29, 0.717) is 10.6 Å². The number of carbonyl (C=O) groups excluding carboxylic acids is 1. The summed E-state index contributed by atoms with van der Waals surface area (Å²) in [5, 5.41) is 0.512. The third-order valence-corrected chi connectivity index (χ3v) is 6.26. The summed E-state index contributed by atoms with van der Waals surface area (Å²) in [6.07, 6.45) is 0. The van der Waals surface area contributed by atoms with Crippen molar-refractivity contribution in [1.82, 2.24) is 9.97 Å². The van der Waals surface area contributed by atoms with Crippen LogP contribution in [0.3, 0.4) is 0 Å². The Morgan fingerprint density at radius 1 is 1.03 bits per heavy atom. The molecule has 2 aromatic carbocycles. The number of nitrogens with zero attached hydrogens (tertiary/aromatic N) is 2. The number of benzene rings is 2. The van der Waals surface area contributed by atoms with Gasteiger partial charge < -0.3 is 8.92 Å². The van der Waals surface area contributed by atoms with E-state index in [1.54, 1.807) is 44.2 Å². The first-order chi connectivity index (χ1) is 14.6. The molecule has 0 aliphatic heterocycles. The van der Waals surface area contributed by atoms with Crippen LogP contribution in [0.4, 0.5) is 0 Å². The number of hydrogen-bond donors (Lipinski definition) is 0. The number of esters is 1. The topological polar surface area (TPSA) is 95.4 Å². The minimum atomic E-state index is -4.27. The van der Waals surface area contributed by atoms with Gasteiger partial charge in [0.2, 0.25) is 5.69 Å². The molecular weight excluding hydrogens is 463 g/mol. The molecule has 1 aromatic heterocycles. The summed E-state index contributed by atoms with van der Waals surface area (Å²) in [7, 11) is -4.27. The normalized spacial score (nSPS) is 11.3. The Bertz CT molecular complexity index is 1250. The highest BCUT2D eigenvalue weighted by Gasteiger charge is 2.27. The molecular formula is C21H18Cl2N2O5S. The van der Waals surface area contributed by atoms with Crippen molar-refractivity contribution >= 4 is 39.3 Å². The Balaban J connectivity index is 2.14. The molecule has 0 aliphatic rings. The summed E-state index contributed by atoms with van der Waals surface area (Å²) in [5.74, 6) is -1.37. The molecule has 0 N–H and O–H groups in total. The molecule has 0 fully saturated rings. The zero-order valence-corrected chi connectivity index (χ0v) is 19.2. The van der Waals surface area contributed by atoms with Crippen molar-refractivity contribution in [3.05, 3.63) is 69.5 Å². The Kier molecular flexibility index (Phi) is 6.83. The Labute approximate surface area is 190 Å². The van der Waals surface area contributed by atoms with Gasteiger partial charge in [0.25, 0.3) is 5.88 Å². The highest BCUT2D eigenvalue weighted by Crippen LogP contribution is 2.35. The summed E-state index contributed by atoms with van der Waals surface area (Å²) in [5.41, 5.74) is 1.44. The molecule has 0 saturated carbocycles. The summed E-state index contributed by atoms with van der Waals surface area (Å²) < 4.78 is 35.7. The van der Waals surface area contributed by atoms with Crippen LogP contribution in [0.25, 0.3) is 11.3 Å². The van der Waals surface area contributed by atoms with Gasteiger partial charge in [0.05, 0.1) is 28.0 Å². The fourth-order valence-electron chi connectivity index (χ4n) is 2.69. The van der Waals surface area contributed by atoms with Gasteiger partial charge in [-0.2, -0.15) is 8.42 Å². The Morgan fingerprint density at radius 3 is 2.35 bits per heavy atom. The van der Waals surface area contributed by atoms with Gasteiger partial charge in [-0.05, 0) is 39.0 Å². The van der Waals surface area contributed by atoms with Crippen LogP contribution in [0.2, 0.25) is 10.0 Å². The summed E-state index contributed by atoms with van der Waals surface area (Å²) in [6, 6.07) is 11.0. The fraction of sp³-hybridized carbons (Fsp3) is 0.190. The number of ether oxygens (including phenoxy) is 1. The molecule has 0 unspecified atom stereocenters. The highest BCUT2D eigenvalue weighted by molar-refractivity contribution is 7.87. The SMILES string of the molecule is CCOC(=O)c1nc(-c2cccc(Cl)c2Cl)c(C)nc1OS(=O)(=O)c1ccc(C)cc1. The number of aromatic nitrogens is 2. The van der Waals surface area contributed by atoms with E-state index < -0.39 is 27.7 Å². The second-order valence-electron chi connectivity index (χ2n) is 6.48. The van der Waals surface area contributed by atoms with Gasteiger partial charge in [0.15, 0.2) is 0 Å². The van der Waals surface area contributed by atoms with Crippen LogP contribution in [0, 0.1) is 13.8 Å². The summed E-state index contributed by atoms with van der Waals surface area (Å²) >= 11 is 12.4. The maximum absolute atomic E-state index is 12.7. The number of carbonyl (C=O) groups is 1. The van der Waals surface area contributed by atoms with E-state index in [-0.39, 0.29) is 27.9 Å². The second kappa shape index (κ2) is 9.21. The number of aryl methyl sites for hydroxylation is 2. The lowest BCUT2D eigenvalue weighted by molar-refractivity contribution is 0.0516. The van der Waals surface area contributed by atoms with Crippen molar-refractivity contribution in [3.63, 3.8) is 0 Å². The zero-order chi connectivity index (χ0) is 22.8. The lowest BCUT2D eigenvalue weighted by Crippen LogP contribution is -2.17. The fourth-order valence-corrected chi connectivity index (χ4v) is 3.97. The third kappa shape index (κ3) is 4.98. The average Bonchev–Trinajstić information content (AvgIpc) is 2.71. The van der Waals surface area contributed by atoms with Crippen molar-refractivity contribution in [3.8, 4) is 17.1 Å². The molecule has 0 saturated heterocycles. The molecule has 10 heteroatoms. The molecule has 0 radical (unpaired) electrons. The zero-order valence-electron chi connectivity index (χ0n) is 16.8. The molecule has 1 heterocycles. The number of rotatable bonds is 6. The average molecular weight is 481 g/mol. The summed E-state index contributed by atoms with van der Waals surface area (Å²) in [6.45, 7) is 5.06. The van der Waals surface area contributed by atoms with Gasteiger partial charge in [-0.3, -0.25) is 0 Å². The minimum Gasteiger partial charge on any atom is -0.461 e. The lowest BCUT2D eigenvalue weighted by Gasteiger charge is -2.14. The van der Waals surface area contributed by atoms with Crippen molar-refractivity contribution in [2.45, 2.75) is 25.7 Å². The predicted octanol–water partition coefficient (Wildman–Crippen LogP) is 5.01. The van der Waals surface area contributed by atoms with Crippen LogP contribution in [0.5, 0.6) is 5.88 Å². The number of hydrogen-bond acceptors (Lipinski definition) is 7. The van der Waals surface area contributed by atoms with Gasteiger partial charge in [-0.25, -0.2) is 14.8 Å². The largest absolute Gasteiger partial charge is 0.461 e. The van der Waals surface area contributed by atoms with Crippen LogP contribution >= 0.6 is 23.2 Å². The van der Waals surface area contributed by atoms with Gasteiger partial charge >= 0.3 is 16.1 Å². The number of halogens is 2. The Hall–Kier alpha value is -2.68. The maximum Gasteiger partial charge on any atom is 0.362 e. The van der Waals surface area contributed by atoms with Crippen LogP contribution in [0.1, 0.15) is 28.7 Å². The van der Waals surface area contributed by atoms with Gasteiger partial charge in [0, 0.05) is 5.56 Å². The van der Waals surface area contributed by atoms with E-state index in [2.05, 4.69) is 9.97 Å². The molecule has 3 rings (SSSR count). The molecule has 162 valence electrons. The lowest BCUT2D eigenvalue weighted by atomic mass is 10.1. The molecule has 7 nitrogen and oxygen atoms in total. The van der Waals surface area contributed by atoms with Gasteiger partial charge in [-0.1, -0.05) is 53.0 Å². The van der Waals surface area contributed by atoms with Crippen molar-refractivity contribution in [2.24, 2.45) is 0 Å². The van der Waals surface area contributed by atoms with Crippen molar-refractivity contribution in [2.75, 3.05) is 6.61 Å². The second-order valence-corrected chi connectivity index (χ2v) is 8.82. The molecule has 0 bridgehead atoms. The van der Waals surface area contributed by atoms with Crippen LogP contribution in [-0.4, -0.2) is 31.0 Å².